The Morgan fingerprint density at radius 2 is 1.67 bits per heavy atom. The van der Waals surface area contributed by atoms with Crippen LogP contribution in [0, 0.1) is 0 Å². The average molecular weight is 299 g/mol. The maximum atomic E-state index is 6.12. The van der Waals surface area contributed by atoms with Crippen molar-refractivity contribution in [1.82, 2.24) is 9.97 Å². The zero-order chi connectivity index (χ0) is 14.5. The zero-order valence-electron chi connectivity index (χ0n) is 11.4. The van der Waals surface area contributed by atoms with Crippen LogP contribution in [-0.4, -0.2) is 9.97 Å². The lowest BCUT2D eigenvalue weighted by Crippen LogP contribution is -1.97. The van der Waals surface area contributed by atoms with Crippen molar-refractivity contribution in [2.75, 3.05) is 0 Å². The summed E-state index contributed by atoms with van der Waals surface area (Å²) in [5.74, 6) is 0. The van der Waals surface area contributed by atoms with E-state index in [2.05, 4.69) is 16.0 Å². The van der Waals surface area contributed by atoms with Gasteiger partial charge in [-0.3, -0.25) is 0 Å². The van der Waals surface area contributed by atoms with E-state index in [0.717, 1.165) is 27.4 Å². The van der Waals surface area contributed by atoms with Gasteiger partial charge in [-0.2, -0.15) is 0 Å². The Morgan fingerprint density at radius 1 is 0.952 bits per heavy atom. The van der Waals surface area contributed by atoms with Crippen molar-refractivity contribution in [3.63, 3.8) is 0 Å². The number of rotatable bonds is 5. The fraction of sp³-hybridized carbons (Fsp3) is 0.118. The van der Waals surface area contributed by atoms with E-state index in [1.807, 2.05) is 48.7 Å². The highest BCUT2D eigenvalue weighted by molar-refractivity contribution is 6.31. The third-order valence-corrected chi connectivity index (χ3v) is 3.63. The normalized spacial score (nSPS) is 10.7. The number of benzene rings is 2. The number of hydrogen-bond acceptors (Lipinski definition) is 2. The number of aromatic nitrogens is 2. The first-order valence-corrected chi connectivity index (χ1v) is 7.10. The predicted molar refractivity (Wildman–Crippen MR) is 84.0 cm³/mol. The summed E-state index contributed by atoms with van der Waals surface area (Å²) < 4.78 is 5.80. The number of ether oxygens (including phenoxy) is 1. The summed E-state index contributed by atoms with van der Waals surface area (Å²) in [4.78, 5) is 7.27. The topological polar surface area (TPSA) is 37.9 Å². The lowest BCUT2D eigenvalue weighted by Gasteiger charge is -2.09. The number of aromatic amines is 1. The second-order valence-corrected chi connectivity index (χ2v) is 5.10. The lowest BCUT2D eigenvalue weighted by molar-refractivity contribution is 0.107. The molecule has 0 radical (unpaired) electrons. The summed E-state index contributed by atoms with van der Waals surface area (Å²) in [5, 5.41) is 0.734. The number of nitrogens with one attached hydrogen (secondary N) is 1. The maximum absolute atomic E-state index is 6.12. The van der Waals surface area contributed by atoms with Crippen LogP contribution in [0.5, 0.6) is 0 Å². The largest absolute Gasteiger partial charge is 0.372 e. The molecule has 0 atom stereocenters. The van der Waals surface area contributed by atoms with Crippen LogP contribution in [0.3, 0.4) is 0 Å². The van der Waals surface area contributed by atoms with Crippen LogP contribution >= 0.6 is 11.6 Å². The van der Waals surface area contributed by atoms with Gasteiger partial charge in [-0.05, 0) is 17.2 Å². The van der Waals surface area contributed by atoms with E-state index < -0.39 is 0 Å². The van der Waals surface area contributed by atoms with Crippen LogP contribution in [0.2, 0.25) is 5.02 Å². The van der Waals surface area contributed by atoms with Crippen molar-refractivity contribution in [2.24, 2.45) is 0 Å². The second-order valence-electron chi connectivity index (χ2n) is 4.70. The van der Waals surface area contributed by atoms with E-state index in [0.29, 0.717) is 13.2 Å². The van der Waals surface area contributed by atoms with Gasteiger partial charge in [0.05, 0.1) is 25.2 Å². The van der Waals surface area contributed by atoms with Gasteiger partial charge in [-0.1, -0.05) is 54.1 Å². The average Bonchev–Trinajstić information content (AvgIpc) is 3.04. The molecule has 0 aliphatic rings. The number of imidazole rings is 1. The molecule has 0 aliphatic carbocycles. The van der Waals surface area contributed by atoms with E-state index in [4.69, 9.17) is 16.3 Å². The molecule has 0 bridgehead atoms. The minimum Gasteiger partial charge on any atom is -0.372 e. The molecule has 3 aromatic rings. The Labute approximate surface area is 128 Å². The molecule has 3 rings (SSSR count). The second kappa shape index (κ2) is 6.57. The van der Waals surface area contributed by atoms with Crippen LogP contribution in [0.1, 0.15) is 11.1 Å². The summed E-state index contributed by atoms with van der Waals surface area (Å²) in [6, 6.07) is 15.8. The first-order valence-electron chi connectivity index (χ1n) is 6.73. The first-order chi connectivity index (χ1) is 10.3. The number of halogens is 1. The van der Waals surface area contributed by atoms with Crippen molar-refractivity contribution in [2.45, 2.75) is 13.2 Å². The summed E-state index contributed by atoms with van der Waals surface area (Å²) >= 11 is 6.12. The highest BCUT2D eigenvalue weighted by Crippen LogP contribution is 2.23. The zero-order valence-corrected chi connectivity index (χ0v) is 12.2. The predicted octanol–water partition coefficient (Wildman–Crippen LogP) is 4.45. The standard InChI is InChI=1S/C17H15ClN2O/c18-16-8-4-2-6-14(16)11-21-10-13-5-1-3-7-15(13)17-9-19-12-20-17/h1-9,12H,10-11H2,(H,19,20). The Morgan fingerprint density at radius 3 is 2.43 bits per heavy atom. The van der Waals surface area contributed by atoms with Crippen molar-refractivity contribution in [3.8, 4) is 11.3 Å². The minimum atomic E-state index is 0.495. The molecule has 0 unspecified atom stereocenters. The number of H-pyrrole nitrogens is 1. The minimum absolute atomic E-state index is 0.495. The van der Waals surface area contributed by atoms with Gasteiger partial charge in [0, 0.05) is 16.8 Å². The molecule has 106 valence electrons. The molecule has 1 heterocycles. The highest BCUT2D eigenvalue weighted by atomic mass is 35.5. The van der Waals surface area contributed by atoms with Gasteiger partial charge in [-0.25, -0.2) is 4.98 Å². The quantitative estimate of drug-likeness (QED) is 0.756. The van der Waals surface area contributed by atoms with Crippen LogP contribution in [-0.2, 0) is 18.0 Å². The van der Waals surface area contributed by atoms with Crippen LogP contribution in [0.4, 0.5) is 0 Å². The monoisotopic (exact) mass is 298 g/mol. The molecule has 21 heavy (non-hydrogen) atoms. The van der Waals surface area contributed by atoms with Crippen molar-refractivity contribution >= 4 is 11.6 Å². The molecule has 0 saturated heterocycles. The summed E-state index contributed by atoms with van der Waals surface area (Å²) in [6.07, 6.45) is 3.56. The van der Waals surface area contributed by atoms with E-state index in [-0.39, 0.29) is 0 Å². The fourth-order valence-corrected chi connectivity index (χ4v) is 2.38. The maximum Gasteiger partial charge on any atom is 0.0927 e. The molecule has 0 amide bonds. The van der Waals surface area contributed by atoms with E-state index >= 15 is 0 Å². The van der Waals surface area contributed by atoms with Crippen molar-refractivity contribution < 1.29 is 4.74 Å². The highest BCUT2D eigenvalue weighted by Gasteiger charge is 2.07. The van der Waals surface area contributed by atoms with Gasteiger partial charge >= 0.3 is 0 Å². The first kappa shape index (κ1) is 13.9. The van der Waals surface area contributed by atoms with E-state index in [1.54, 1.807) is 6.33 Å². The molecule has 1 aromatic heterocycles. The van der Waals surface area contributed by atoms with Gasteiger partial charge in [0.15, 0.2) is 0 Å². The molecular weight excluding hydrogens is 284 g/mol. The molecule has 3 nitrogen and oxygen atoms in total. The van der Waals surface area contributed by atoms with Crippen molar-refractivity contribution in [3.05, 3.63) is 77.2 Å². The van der Waals surface area contributed by atoms with Crippen LogP contribution in [0.15, 0.2) is 61.1 Å². The molecule has 0 saturated carbocycles. The number of nitrogens with zero attached hydrogens (tertiary/aromatic N) is 1. The van der Waals surface area contributed by atoms with Gasteiger partial charge in [-0.15, -0.1) is 0 Å². The Hall–Kier alpha value is -2.10. The van der Waals surface area contributed by atoms with Crippen molar-refractivity contribution in [1.29, 1.82) is 0 Å². The fourth-order valence-electron chi connectivity index (χ4n) is 2.19. The molecule has 2 aromatic carbocycles. The van der Waals surface area contributed by atoms with Crippen LogP contribution < -0.4 is 0 Å². The molecule has 0 fully saturated rings. The third-order valence-electron chi connectivity index (χ3n) is 3.26. The smallest absolute Gasteiger partial charge is 0.0927 e. The van der Waals surface area contributed by atoms with E-state index in [9.17, 15) is 0 Å². The molecule has 4 heteroatoms. The van der Waals surface area contributed by atoms with Gasteiger partial charge in [0.1, 0.15) is 0 Å². The summed E-state index contributed by atoms with van der Waals surface area (Å²) in [5.41, 5.74) is 4.11. The van der Waals surface area contributed by atoms with Gasteiger partial charge in [0.25, 0.3) is 0 Å². The molecule has 1 N–H and O–H groups in total. The summed E-state index contributed by atoms with van der Waals surface area (Å²) in [7, 11) is 0. The Kier molecular flexibility index (Phi) is 4.34. The Balaban J connectivity index is 1.70. The van der Waals surface area contributed by atoms with Gasteiger partial charge < -0.3 is 9.72 Å². The lowest BCUT2D eigenvalue weighted by atomic mass is 10.1. The summed E-state index contributed by atoms with van der Waals surface area (Å²) in [6.45, 7) is 1.02. The third kappa shape index (κ3) is 3.32. The number of hydrogen-bond donors (Lipinski definition) is 1. The van der Waals surface area contributed by atoms with Crippen LogP contribution in [0.25, 0.3) is 11.3 Å². The molecular formula is C17H15ClN2O. The van der Waals surface area contributed by atoms with Gasteiger partial charge in [0.2, 0.25) is 0 Å². The van der Waals surface area contributed by atoms with E-state index in [1.165, 1.54) is 0 Å². The Bertz CT molecular complexity index is 710. The molecule has 0 aliphatic heterocycles. The SMILES string of the molecule is Clc1ccccc1COCc1ccccc1-c1c[nH]cn1. The molecule has 0 spiro atoms.